The maximum atomic E-state index is 12.6. The summed E-state index contributed by atoms with van der Waals surface area (Å²) in [5, 5.41) is 5.27. The fraction of sp³-hybridized carbons (Fsp3) is 0.500. The van der Waals surface area contributed by atoms with E-state index in [1.54, 1.807) is 11.3 Å². The van der Waals surface area contributed by atoms with E-state index in [1.807, 2.05) is 38.1 Å². The van der Waals surface area contributed by atoms with Gasteiger partial charge in [-0.2, -0.15) is 0 Å². The first-order valence-corrected chi connectivity index (χ1v) is 10.8. The van der Waals surface area contributed by atoms with Gasteiger partial charge in [0.25, 0.3) is 5.91 Å². The van der Waals surface area contributed by atoms with E-state index in [2.05, 4.69) is 27.7 Å². The molecule has 0 radical (unpaired) electrons. The van der Waals surface area contributed by atoms with E-state index in [4.69, 9.17) is 4.74 Å². The molecule has 1 saturated heterocycles. The number of amides is 1. The Balaban J connectivity index is 1.63. The van der Waals surface area contributed by atoms with Crippen LogP contribution in [0.25, 0.3) is 0 Å². The Kier molecular flexibility index (Phi) is 7.30. The number of hydrogen-bond donors (Lipinski definition) is 1. The van der Waals surface area contributed by atoms with Gasteiger partial charge in [0, 0.05) is 17.0 Å². The quantitative estimate of drug-likeness (QED) is 0.737. The topological polar surface area (TPSA) is 41.6 Å². The van der Waals surface area contributed by atoms with Gasteiger partial charge in [-0.1, -0.05) is 18.9 Å². The van der Waals surface area contributed by atoms with Crippen LogP contribution in [0, 0.1) is 0 Å². The molecule has 146 valence electrons. The highest BCUT2D eigenvalue weighted by Gasteiger charge is 2.23. The molecular formula is C22H30N2O2S. The molecule has 0 saturated carbocycles. The van der Waals surface area contributed by atoms with Crippen molar-refractivity contribution in [1.29, 1.82) is 0 Å². The lowest BCUT2D eigenvalue weighted by atomic mass is 10.1. The van der Waals surface area contributed by atoms with E-state index in [-0.39, 0.29) is 18.1 Å². The molecule has 2 aromatic rings. The van der Waals surface area contributed by atoms with Gasteiger partial charge in [-0.25, -0.2) is 0 Å². The molecule has 27 heavy (non-hydrogen) atoms. The van der Waals surface area contributed by atoms with Gasteiger partial charge < -0.3 is 10.1 Å². The summed E-state index contributed by atoms with van der Waals surface area (Å²) in [6.45, 7) is 6.85. The second kappa shape index (κ2) is 9.90. The molecule has 1 amide bonds. The van der Waals surface area contributed by atoms with Gasteiger partial charge in [-0.05, 0) is 75.5 Å². The third-order valence-corrected chi connectivity index (χ3v) is 5.87. The lowest BCUT2D eigenvalue weighted by Crippen LogP contribution is -2.38. The Labute approximate surface area is 166 Å². The van der Waals surface area contributed by atoms with Crippen LogP contribution in [0.2, 0.25) is 0 Å². The number of nitrogens with one attached hydrogen (secondary N) is 1. The summed E-state index contributed by atoms with van der Waals surface area (Å²) >= 11 is 1.78. The van der Waals surface area contributed by atoms with Crippen LogP contribution in [0.5, 0.6) is 5.75 Å². The standard InChI is InChI=1S/C22H30N2O2S/c1-17(2)26-19-11-9-18(10-12-19)22(25)23-16-20(21-8-7-15-27-21)24-13-5-3-4-6-14-24/h7-12,15,17,20H,3-6,13-14,16H2,1-2H3,(H,23,25)/t20-/m0/s1. The van der Waals surface area contributed by atoms with Crippen molar-refractivity contribution >= 4 is 17.2 Å². The highest BCUT2D eigenvalue weighted by Crippen LogP contribution is 2.27. The van der Waals surface area contributed by atoms with Crippen molar-refractivity contribution in [2.24, 2.45) is 0 Å². The highest BCUT2D eigenvalue weighted by molar-refractivity contribution is 7.10. The van der Waals surface area contributed by atoms with Crippen molar-refractivity contribution in [2.75, 3.05) is 19.6 Å². The molecule has 1 aliphatic rings. The first-order valence-electron chi connectivity index (χ1n) is 9.96. The summed E-state index contributed by atoms with van der Waals surface area (Å²) in [5.41, 5.74) is 0.673. The average Bonchev–Trinajstić information content (AvgIpc) is 3.05. The molecule has 1 atom stereocenters. The van der Waals surface area contributed by atoms with Crippen molar-refractivity contribution in [3.05, 3.63) is 52.2 Å². The molecule has 5 heteroatoms. The van der Waals surface area contributed by atoms with Gasteiger partial charge in [-0.15, -0.1) is 11.3 Å². The lowest BCUT2D eigenvalue weighted by Gasteiger charge is -2.30. The molecule has 1 N–H and O–H groups in total. The van der Waals surface area contributed by atoms with E-state index in [9.17, 15) is 4.79 Å². The summed E-state index contributed by atoms with van der Waals surface area (Å²) < 4.78 is 5.65. The number of carbonyl (C=O) groups excluding carboxylic acids is 1. The first kappa shape index (κ1) is 19.9. The minimum absolute atomic E-state index is 0.0255. The normalized spacial score (nSPS) is 16.7. The van der Waals surface area contributed by atoms with Crippen LogP contribution >= 0.6 is 11.3 Å². The van der Waals surface area contributed by atoms with Crippen LogP contribution in [0.15, 0.2) is 41.8 Å². The van der Waals surface area contributed by atoms with Gasteiger partial charge in [0.1, 0.15) is 5.75 Å². The first-order chi connectivity index (χ1) is 13.1. The zero-order valence-corrected chi connectivity index (χ0v) is 17.1. The number of nitrogens with zero attached hydrogens (tertiary/aromatic N) is 1. The average molecular weight is 387 g/mol. The number of likely N-dealkylation sites (tertiary alicyclic amines) is 1. The maximum absolute atomic E-state index is 12.6. The lowest BCUT2D eigenvalue weighted by molar-refractivity contribution is 0.0934. The van der Waals surface area contributed by atoms with Crippen molar-refractivity contribution in [2.45, 2.75) is 51.7 Å². The molecule has 0 spiro atoms. The van der Waals surface area contributed by atoms with E-state index >= 15 is 0 Å². The van der Waals surface area contributed by atoms with Crippen LogP contribution in [0.1, 0.15) is 60.8 Å². The summed E-state index contributed by atoms with van der Waals surface area (Å²) in [4.78, 5) is 16.5. The van der Waals surface area contributed by atoms with Gasteiger partial charge in [0.2, 0.25) is 0 Å². The summed E-state index contributed by atoms with van der Waals surface area (Å²) in [7, 11) is 0. The van der Waals surface area contributed by atoms with Crippen LogP contribution in [-0.4, -0.2) is 36.5 Å². The predicted molar refractivity (Wildman–Crippen MR) is 112 cm³/mol. The molecule has 2 heterocycles. The minimum Gasteiger partial charge on any atom is -0.491 e. The van der Waals surface area contributed by atoms with E-state index in [0.717, 1.165) is 18.8 Å². The molecule has 0 aliphatic carbocycles. The summed E-state index contributed by atoms with van der Waals surface area (Å²) in [5.74, 6) is 0.769. The van der Waals surface area contributed by atoms with Crippen molar-refractivity contribution in [3.8, 4) is 5.75 Å². The second-order valence-electron chi connectivity index (χ2n) is 7.38. The summed E-state index contributed by atoms with van der Waals surface area (Å²) in [6, 6.07) is 11.9. The third kappa shape index (κ3) is 5.81. The smallest absolute Gasteiger partial charge is 0.251 e. The molecule has 0 unspecified atom stereocenters. The van der Waals surface area contributed by atoms with Gasteiger partial charge >= 0.3 is 0 Å². The molecule has 3 rings (SSSR count). The fourth-order valence-electron chi connectivity index (χ4n) is 3.55. The van der Waals surface area contributed by atoms with Crippen LogP contribution in [-0.2, 0) is 0 Å². The second-order valence-corrected chi connectivity index (χ2v) is 8.36. The molecule has 1 aromatic carbocycles. The van der Waals surface area contributed by atoms with E-state index in [1.165, 1.54) is 30.6 Å². The van der Waals surface area contributed by atoms with Crippen LogP contribution < -0.4 is 10.1 Å². The Bertz CT molecular complexity index is 690. The van der Waals surface area contributed by atoms with Gasteiger partial charge in [0.05, 0.1) is 12.1 Å². The summed E-state index contributed by atoms with van der Waals surface area (Å²) in [6.07, 6.45) is 5.24. The van der Waals surface area contributed by atoms with E-state index in [0.29, 0.717) is 12.1 Å². The number of carbonyl (C=O) groups is 1. The Morgan fingerprint density at radius 3 is 2.41 bits per heavy atom. The van der Waals surface area contributed by atoms with E-state index < -0.39 is 0 Å². The number of ether oxygens (including phenoxy) is 1. The zero-order valence-electron chi connectivity index (χ0n) is 16.3. The minimum atomic E-state index is -0.0255. The Morgan fingerprint density at radius 2 is 1.81 bits per heavy atom. The van der Waals surface area contributed by atoms with Gasteiger partial charge in [0.15, 0.2) is 0 Å². The largest absolute Gasteiger partial charge is 0.491 e. The Hall–Kier alpha value is -1.85. The molecule has 4 nitrogen and oxygen atoms in total. The molecule has 1 aromatic heterocycles. The maximum Gasteiger partial charge on any atom is 0.251 e. The molecular weight excluding hydrogens is 356 g/mol. The monoisotopic (exact) mass is 386 g/mol. The zero-order chi connectivity index (χ0) is 19.1. The fourth-order valence-corrected chi connectivity index (χ4v) is 4.41. The van der Waals surface area contributed by atoms with Crippen molar-refractivity contribution in [1.82, 2.24) is 10.2 Å². The van der Waals surface area contributed by atoms with Crippen LogP contribution in [0.4, 0.5) is 0 Å². The number of benzene rings is 1. The number of thiophene rings is 1. The van der Waals surface area contributed by atoms with Gasteiger partial charge in [-0.3, -0.25) is 9.69 Å². The molecule has 0 bridgehead atoms. The van der Waals surface area contributed by atoms with Crippen LogP contribution in [0.3, 0.4) is 0 Å². The third-order valence-electron chi connectivity index (χ3n) is 4.90. The molecule has 1 aliphatic heterocycles. The SMILES string of the molecule is CC(C)Oc1ccc(C(=O)NC[C@@H](c2cccs2)N2CCCCCC2)cc1. The Morgan fingerprint density at radius 1 is 1.11 bits per heavy atom. The molecule has 1 fully saturated rings. The van der Waals surface area contributed by atoms with Crippen molar-refractivity contribution in [3.63, 3.8) is 0 Å². The highest BCUT2D eigenvalue weighted by atomic mass is 32.1. The number of rotatable bonds is 7. The number of hydrogen-bond acceptors (Lipinski definition) is 4. The predicted octanol–water partition coefficient (Wildman–Crippen LogP) is 4.88. The van der Waals surface area contributed by atoms with Crippen molar-refractivity contribution < 1.29 is 9.53 Å².